The molecule has 0 N–H and O–H groups in total. The van der Waals surface area contributed by atoms with Gasteiger partial charge in [0, 0.05) is 19.3 Å². The third-order valence-electron chi connectivity index (χ3n) is 2.70. The van der Waals surface area contributed by atoms with Gasteiger partial charge in [-0.2, -0.15) is 0 Å². The molecular formula is C13H24N2. The standard InChI is InChI=1S/C13H24N2/c1-3-5-10-14(11-6-4-2)15-12-8-7-9-13-15/h7-9,12H,3-6,10-11,13H2,1-2H3. The largest absolute Gasteiger partial charge is 0.309 e. The summed E-state index contributed by atoms with van der Waals surface area (Å²) in [5.41, 5.74) is 0. The first-order valence-electron chi connectivity index (χ1n) is 6.23. The zero-order valence-corrected chi connectivity index (χ0v) is 10.2. The van der Waals surface area contributed by atoms with Gasteiger partial charge in [-0.05, 0) is 18.9 Å². The molecule has 0 fully saturated rings. The first kappa shape index (κ1) is 12.3. The monoisotopic (exact) mass is 208 g/mol. The van der Waals surface area contributed by atoms with Crippen LogP contribution in [0.1, 0.15) is 39.5 Å². The highest BCUT2D eigenvalue weighted by molar-refractivity contribution is 5.07. The van der Waals surface area contributed by atoms with Crippen LogP contribution in [0, 0.1) is 0 Å². The van der Waals surface area contributed by atoms with Crippen molar-refractivity contribution in [1.29, 1.82) is 0 Å². The van der Waals surface area contributed by atoms with Crippen molar-refractivity contribution in [1.82, 2.24) is 10.0 Å². The van der Waals surface area contributed by atoms with E-state index in [0.29, 0.717) is 0 Å². The third kappa shape index (κ3) is 4.52. The number of hydrazine groups is 1. The number of nitrogens with zero attached hydrogens (tertiary/aromatic N) is 2. The van der Waals surface area contributed by atoms with Crippen LogP contribution in [0.15, 0.2) is 24.4 Å². The van der Waals surface area contributed by atoms with Crippen LogP contribution >= 0.6 is 0 Å². The summed E-state index contributed by atoms with van der Waals surface area (Å²) in [4.78, 5) is 0. The highest BCUT2D eigenvalue weighted by Gasteiger charge is 2.10. The van der Waals surface area contributed by atoms with Crippen molar-refractivity contribution in [2.45, 2.75) is 39.5 Å². The lowest BCUT2D eigenvalue weighted by Gasteiger charge is -2.34. The van der Waals surface area contributed by atoms with E-state index in [4.69, 9.17) is 0 Å². The second kappa shape index (κ2) is 7.52. The van der Waals surface area contributed by atoms with Gasteiger partial charge in [0.2, 0.25) is 0 Å². The first-order chi connectivity index (χ1) is 7.38. The molecule has 0 atom stereocenters. The first-order valence-corrected chi connectivity index (χ1v) is 6.23. The molecule has 0 aliphatic carbocycles. The SMILES string of the molecule is CCCCN(CCCC)N1C=CC=CC1. The molecule has 0 unspecified atom stereocenters. The van der Waals surface area contributed by atoms with Gasteiger partial charge in [-0.15, -0.1) is 0 Å². The molecule has 0 aromatic rings. The van der Waals surface area contributed by atoms with Gasteiger partial charge in [0.25, 0.3) is 0 Å². The molecule has 1 rings (SSSR count). The van der Waals surface area contributed by atoms with Crippen molar-refractivity contribution in [3.63, 3.8) is 0 Å². The summed E-state index contributed by atoms with van der Waals surface area (Å²) in [5.74, 6) is 0. The Morgan fingerprint density at radius 1 is 1.07 bits per heavy atom. The van der Waals surface area contributed by atoms with Gasteiger partial charge in [-0.25, -0.2) is 5.01 Å². The second-order valence-electron chi connectivity index (χ2n) is 4.05. The van der Waals surface area contributed by atoms with Gasteiger partial charge < -0.3 is 5.01 Å². The van der Waals surface area contributed by atoms with E-state index < -0.39 is 0 Å². The maximum absolute atomic E-state index is 2.48. The summed E-state index contributed by atoms with van der Waals surface area (Å²) in [6.45, 7) is 7.92. The molecule has 0 saturated carbocycles. The fourth-order valence-corrected chi connectivity index (χ4v) is 1.72. The maximum Gasteiger partial charge on any atom is 0.0524 e. The Kier molecular flexibility index (Phi) is 6.17. The number of hydrogen-bond donors (Lipinski definition) is 0. The quantitative estimate of drug-likeness (QED) is 0.634. The van der Waals surface area contributed by atoms with Crippen molar-refractivity contribution in [2.75, 3.05) is 19.6 Å². The van der Waals surface area contributed by atoms with Gasteiger partial charge in [0.15, 0.2) is 0 Å². The number of allylic oxidation sites excluding steroid dienone is 2. The van der Waals surface area contributed by atoms with E-state index in [1.165, 1.54) is 38.8 Å². The number of unbranched alkanes of at least 4 members (excludes halogenated alkanes) is 2. The Hall–Kier alpha value is -0.760. The Morgan fingerprint density at radius 3 is 2.20 bits per heavy atom. The molecule has 0 saturated heterocycles. The minimum absolute atomic E-state index is 1.03. The van der Waals surface area contributed by atoms with Gasteiger partial charge >= 0.3 is 0 Å². The number of rotatable bonds is 7. The van der Waals surface area contributed by atoms with Crippen LogP contribution in [0.3, 0.4) is 0 Å². The van der Waals surface area contributed by atoms with Crippen LogP contribution in [-0.4, -0.2) is 29.7 Å². The molecule has 1 heterocycles. The Morgan fingerprint density at radius 2 is 1.73 bits per heavy atom. The lowest BCUT2D eigenvalue weighted by Crippen LogP contribution is -2.41. The highest BCUT2D eigenvalue weighted by Crippen LogP contribution is 2.07. The lowest BCUT2D eigenvalue weighted by molar-refractivity contribution is 0.0283. The minimum Gasteiger partial charge on any atom is -0.309 e. The van der Waals surface area contributed by atoms with E-state index in [1.807, 2.05) is 0 Å². The molecule has 0 aromatic carbocycles. The topological polar surface area (TPSA) is 6.48 Å². The average Bonchev–Trinajstić information content (AvgIpc) is 2.30. The van der Waals surface area contributed by atoms with Crippen LogP contribution in [-0.2, 0) is 0 Å². The molecule has 0 amide bonds. The fraction of sp³-hybridized carbons (Fsp3) is 0.692. The molecule has 0 aromatic heterocycles. The zero-order valence-electron chi connectivity index (χ0n) is 10.2. The predicted octanol–water partition coefficient (Wildman–Crippen LogP) is 3.19. The van der Waals surface area contributed by atoms with Crippen LogP contribution in [0.5, 0.6) is 0 Å². The van der Waals surface area contributed by atoms with Gasteiger partial charge in [-0.1, -0.05) is 38.8 Å². The number of hydrogen-bond acceptors (Lipinski definition) is 2. The van der Waals surface area contributed by atoms with Crippen molar-refractivity contribution in [3.05, 3.63) is 24.4 Å². The molecular weight excluding hydrogens is 184 g/mol. The molecule has 0 radical (unpaired) electrons. The van der Waals surface area contributed by atoms with E-state index in [0.717, 1.165) is 6.54 Å². The van der Waals surface area contributed by atoms with Crippen LogP contribution in [0.25, 0.3) is 0 Å². The molecule has 86 valence electrons. The molecule has 2 heteroatoms. The van der Waals surface area contributed by atoms with Crippen LogP contribution < -0.4 is 0 Å². The van der Waals surface area contributed by atoms with E-state index in [1.54, 1.807) is 0 Å². The van der Waals surface area contributed by atoms with Crippen molar-refractivity contribution < 1.29 is 0 Å². The summed E-state index contributed by atoms with van der Waals surface area (Å²) in [7, 11) is 0. The molecule has 15 heavy (non-hydrogen) atoms. The fourth-order valence-electron chi connectivity index (χ4n) is 1.72. The Bertz CT molecular complexity index is 201. The summed E-state index contributed by atoms with van der Waals surface area (Å²) < 4.78 is 0. The Balaban J connectivity index is 2.39. The van der Waals surface area contributed by atoms with Gasteiger partial charge in [-0.3, -0.25) is 0 Å². The van der Waals surface area contributed by atoms with E-state index in [9.17, 15) is 0 Å². The molecule has 0 spiro atoms. The summed E-state index contributed by atoms with van der Waals surface area (Å²) in [6.07, 6.45) is 13.8. The minimum atomic E-state index is 1.03. The smallest absolute Gasteiger partial charge is 0.0524 e. The predicted molar refractivity (Wildman–Crippen MR) is 66.4 cm³/mol. The summed E-state index contributed by atoms with van der Waals surface area (Å²) in [5, 5.41) is 4.82. The average molecular weight is 208 g/mol. The van der Waals surface area contributed by atoms with Gasteiger partial charge in [0.05, 0.1) is 6.54 Å². The van der Waals surface area contributed by atoms with Crippen molar-refractivity contribution >= 4 is 0 Å². The Labute approximate surface area is 94.2 Å². The molecule has 2 nitrogen and oxygen atoms in total. The van der Waals surface area contributed by atoms with E-state index >= 15 is 0 Å². The molecule has 0 bridgehead atoms. The van der Waals surface area contributed by atoms with Crippen LogP contribution in [0.2, 0.25) is 0 Å². The van der Waals surface area contributed by atoms with Crippen molar-refractivity contribution in [3.8, 4) is 0 Å². The van der Waals surface area contributed by atoms with E-state index in [-0.39, 0.29) is 0 Å². The summed E-state index contributed by atoms with van der Waals surface area (Å²) in [6, 6.07) is 0. The normalized spacial score (nSPS) is 15.3. The third-order valence-corrected chi connectivity index (χ3v) is 2.70. The highest BCUT2D eigenvalue weighted by atomic mass is 15.6. The van der Waals surface area contributed by atoms with Crippen molar-refractivity contribution in [2.24, 2.45) is 0 Å². The summed E-state index contributed by atoms with van der Waals surface area (Å²) >= 11 is 0. The second-order valence-corrected chi connectivity index (χ2v) is 4.05. The molecule has 1 aliphatic heterocycles. The van der Waals surface area contributed by atoms with E-state index in [2.05, 4.69) is 48.3 Å². The van der Waals surface area contributed by atoms with Gasteiger partial charge in [0.1, 0.15) is 0 Å². The lowest BCUT2D eigenvalue weighted by atomic mass is 10.3. The zero-order chi connectivity index (χ0) is 10.9. The molecule has 1 aliphatic rings. The van der Waals surface area contributed by atoms with Crippen LogP contribution in [0.4, 0.5) is 0 Å². The maximum atomic E-state index is 2.48.